The van der Waals surface area contributed by atoms with Crippen molar-refractivity contribution in [3.63, 3.8) is 0 Å². The van der Waals surface area contributed by atoms with E-state index in [1.54, 1.807) is 0 Å². The third-order valence-electron chi connectivity index (χ3n) is 2.82. The summed E-state index contributed by atoms with van der Waals surface area (Å²) in [6.45, 7) is 5.64. The molecule has 0 amide bonds. The van der Waals surface area contributed by atoms with Crippen LogP contribution in [0.1, 0.15) is 11.1 Å². The molecule has 2 heteroatoms. The Morgan fingerprint density at radius 2 is 1.83 bits per heavy atom. The average molecular weight is 241 g/mol. The molecule has 0 aliphatic rings. The molecule has 0 heterocycles. The maximum Gasteiger partial charge on any atom is 0.119 e. The van der Waals surface area contributed by atoms with Crippen LogP contribution in [0.25, 0.3) is 0 Å². The van der Waals surface area contributed by atoms with Crippen LogP contribution in [0, 0.1) is 13.8 Å². The van der Waals surface area contributed by atoms with Crippen molar-refractivity contribution in [2.45, 2.75) is 13.8 Å². The number of benzene rings is 2. The molecule has 0 saturated heterocycles. The molecule has 18 heavy (non-hydrogen) atoms. The number of ether oxygens (including phenoxy) is 1. The number of rotatable bonds is 5. The maximum atomic E-state index is 5.69. The van der Waals surface area contributed by atoms with Gasteiger partial charge in [0.1, 0.15) is 12.4 Å². The largest absolute Gasteiger partial charge is 0.492 e. The highest BCUT2D eigenvalue weighted by Gasteiger charge is 1.96. The topological polar surface area (TPSA) is 21.3 Å². The van der Waals surface area contributed by atoms with Crippen LogP contribution in [-0.2, 0) is 0 Å². The number of anilines is 1. The van der Waals surface area contributed by atoms with Gasteiger partial charge in [-0.2, -0.15) is 0 Å². The molecule has 2 aromatic carbocycles. The zero-order valence-corrected chi connectivity index (χ0v) is 10.9. The minimum atomic E-state index is 0.664. The number of aryl methyl sites for hydroxylation is 2. The zero-order chi connectivity index (χ0) is 12.8. The Bertz CT molecular complexity index is 508. The van der Waals surface area contributed by atoms with Crippen molar-refractivity contribution >= 4 is 5.69 Å². The van der Waals surface area contributed by atoms with Gasteiger partial charge in [0, 0.05) is 12.2 Å². The lowest BCUT2D eigenvalue weighted by molar-refractivity contribution is 0.332. The first-order valence-electron chi connectivity index (χ1n) is 6.25. The van der Waals surface area contributed by atoms with Gasteiger partial charge in [-0.15, -0.1) is 0 Å². The van der Waals surface area contributed by atoms with Gasteiger partial charge in [0.05, 0.1) is 0 Å². The van der Waals surface area contributed by atoms with Gasteiger partial charge in [0.2, 0.25) is 0 Å². The third-order valence-corrected chi connectivity index (χ3v) is 2.82. The molecule has 0 bridgehead atoms. The van der Waals surface area contributed by atoms with E-state index in [-0.39, 0.29) is 0 Å². The standard InChI is InChI=1S/C16H19NO/c1-13-6-5-8-15(12-13)18-11-10-17-16-9-4-3-7-14(16)2/h3-9,12,17H,10-11H2,1-2H3. The van der Waals surface area contributed by atoms with E-state index in [4.69, 9.17) is 4.74 Å². The first-order valence-corrected chi connectivity index (χ1v) is 6.25. The fraction of sp³-hybridized carbons (Fsp3) is 0.250. The summed E-state index contributed by atoms with van der Waals surface area (Å²) in [6.07, 6.45) is 0. The van der Waals surface area contributed by atoms with Crippen molar-refractivity contribution in [3.05, 3.63) is 59.7 Å². The van der Waals surface area contributed by atoms with E-state index in [2.05, 4.69) is 37.4 Å². The van der Waals surface area contributed by atoms with Gasteiger partial charge in [-0.25, -0.2) is 0 Å². The summed E-state index contributed by atoms with van der Waals surface area (Å²) in [6, 6.07) is 16.4. The molecule has 0 aliphatic heterocycles. The maximum absolute atomic E-state index is 5.69. The Balaban J connectivity index is 1.78. The molecule has 0 unspecified atom stereocenters. The lowest BCUT2D eigenvalue weighted by Gasteiger charge is -2.10. The summed E-state index contributed by atoms with van der Waals surface area (Å²) in [4.78, 5) is 0. The highest BCUT2D eigenvalue weighted by atomic mass is 16.5. The molecular weight excluding hydrogens is 222 g/mol. The van der Waals surface area contributed by atoms with Crippen LogP contribution in [-0.4, -0.2) is 13.2 Å². The molecule has 2 aromatic rings. The first-order chi connectivity index (χ1) is 8.75. The van der Waals surface area contributed by atoms with E-state index >= 15 is 0 Å². The molecule has 0 fully saturated rings. The van der Waals surface area contributed by atoms with E-state index in [0.29, 0.717) is 6.61 Å². The molecule has 0 aromatic heterocycles. The Labute approximate surface area is 109 Å². The van der Waals surface area contributed by atoms with Gasteiger partial charge in [0.15, 0.2) is 0 Å². The van der Waals surface area contributed by atoms with Gasteiger partial charge in [0.25, 0.3) is 0 Å². The highest BCUT2D eigenvalue weighted by Crippen LogP contribution is 2.14. The lowest BCUT2D eigenvalue weighted by Crippen LogP contribution is -2.12. The summed E-state index contributed by atoms with van der Waals surface area (Å²) in [5.41, 5.74) is 3.65. The molecule has 0 aliphatic carbocycles. The molecular formula is C16H19NO. The van der Waals surface area contributed by atoms with Gasteiger partial charge >= 0.3 is 0 Å². The third kappa shape index (κ3) is 3.52. The fourth-order valence-corrected chi connectivity index (χ4v) is 1.83. The zero-order valence-electron chi connectivity index (χ0n) is 10.9. The van der Waals surface area contributed by atoms with E-state index in [1.165, 1.54) is 16.8 Å². The first kappa shape index (κ1) is 12.5. The highest BCUT2D eigenvalue weighted by molar-refractivity contribution is 5.50. The van der Waals surface area contributed by atoms with Crippen LogP contribution >= 0.6 is 0 Å². The van der Waals surface area contributed by atoms with Gasteiger partial charge in [-0.3, -0.25) is 0 Å². The van der Waals surface area contributed by atoms with E-state index in [0.717, 1.165) is 12.3 Å². The normalized spacial score (nSPS) is 10.1. The Hall–Kier alpha value is -1.96. The van der Waals surface area contributed by atoms with Crippen LogP contribution in [0.5, 0.6) is 5.75 Å². The second-order valence-electron chi connectivity index (χ2n) is 4.41. The van der Waals surface area contributed by atoms with E-state index in [9.17, 15) is 0 Å². The molecule has 2 rings (SSSR count). The predicted octanol–water partition coefficient (Wildman–Crippen LogP) is 3.79. The van der Waals surface area contributed by atoms with E-state index < -0.39 is 0 Å². The lowest BCUT2D eigenvalue weighted by atomic mass is 10.2. The van der Waals surface area contributed by atoms with Crippen LogP contribution in [0.15, 0.2) is 48.5 Å². The number of nitrogens with one attached hydrogen (secondary N) is 1. The van der Waals surface area contributed by atoms with Crippen molar-refractivity contribution in [3.8, 4) is 5.75 Å². The summed E-state index contributed by atoms with van der Waals surface area (Å²) in [7, 11) is 0. The van der Waals surface area contributed by atoms with Crippen LogP contribution in [0.2, 0.25) is 0 Å². The van der Waals surface area contributed by atoms with Crippen molar-refractivity contribution < 1.29 is 4.74 Å². The second-order valence-corrected chi connectivity index (χ2v) is 4.41. The quantitative estimate of drug-likeness (QED) is 0.804. The molecule has 0 saturated carbocycles. The number of hydrogen-bond donors (Lipinski definition) is 1. The van der Waals surface area contributed by atoms with Gasteiger partial charge in [-0.05, 0) is 43.2 Å². The summed E-state index contributed by atoms with van der Waals surface area (Å²) < 4.78 is 5.69. The fourth-order valence-electron chi connectivity index (χ4n) is 1.83. The van der Waals surface area contributed by atoms with Crippen molar-refractivity contribution in [2.75, 3.05) is 18.5 Å². The van der Waals surface area contributed by atoms with Crippen LogP contribution < -0.4 is 10.1 Å². The summed E-state index contributed by atoms with van der Waals surface area (Å²) >= 11 is 0. The predicted molar refractivity (Wildman–Crippen MR) is 76.3 cm³/mol. The minimum absolute atomic E-state index is 0.664. The summed E-state index contributed by atoms with van der Waals surface area (Å²) in [5.74, 6) is 0.932. The number of hydrogen-bond acceptors (Lipinski definition) is 2. The average Bonchev–Trinajstić information content (AvgIpc) is 2.37. The molecule has 94 valence electrons. The monoisotopic (exact) mass is 241 g/mol. The van der Waals surface area contributed by atoms with Crippen molar-refractivity contribution in [1.82, 2.24) is 0 Å². The van der Waals surface area contributed by atoms with Gasteiger partial charge < -0.3 is 10.1 Å². The molecule has 2 nitrogen and oxygen atoms in total. The Morgan fingerprint density at radius 3 is 2.61 bits per heavy atom. The molecule has 0 atom stereocenters. The number of para-hydroxylation sites is 1. The summed E-state index contributed by atoms with van der Waals surface area (Å²) in [5, 5.41) is 3.37. The van der Waals surface area contributed by atoms with Crippen molar-refractivity contribution in [1.29, 1.82) is 0 Å². The Morgan fingerprint density at radius 1 is 1.00 bits per heavy atom. The molecule has 0 radical (unpaired) electrons. The molecule has 0 spiro atoms. The van der Waals surface area contributed by atoms with E-state index in [1.807, 2.05) is 30.3 Å². The van der Waals surface area contributed by atoms with Gasteiger partial charge in [-0.1, -0.05) is 30.3 Å². The SMILES string of the molecule is Cc1cccc(OCCNc2ccccc2C)c1. The second kappa shape index (κ2) is 6.10. The van der Waals surface area contributed by atoms with Crippen LogP contribution in [0.4, 0.5) is 5.69 Å². The smallest absolute Gasteiger partial charge is 0.119 e. The Kier molecular flexibility index (Phi) is 4.24. The molecule has 1 N–H and O–H groups in total. The van der Waals surface area contributed by atoms with Crippen molar-refractivity contribution in [2.24, 2.45) is 0 Å². The van der Waals surface area contributed by atoms with Crippen LogP contribution in [0.3, 0.4) is 0 Å². The minimum Gasteiger partial charge on any atom is -0.492 e.